The van der Waals surface area contributed by atoms with E-state index in [1.165, 1.54) is 0 Å². The van der Waals surface area contributed by atoms with Crippen LogP contribution >= 0.6 is 0 Å². The summed E-state index contributed by atoms with van der Waals surface area (Å²) in [4.78, 5) is 13.5. The summed E-state index contributed by atoms with van der Waals surface area (Å²) in [6.07, 6.45) is 5.20. The standard InChI is InChI=1S/C14H20N4O2/c1-2-15-14(16-3-1)18-5-4-17-10-13-12(8-11(17)9-18)19-6-7-20-13/h1-3,11-13H,4-10H2. The summed E-state index contributed by atoms with van der Waals surface area (Å²) in [5.74, 6) is 0.843. The zero-order valence-corrected chi connectivity index (χ0v) is 11.5. The van der Waals surface area contributed by atoms with Gasteiger partial charge in [-0.15, -0.1) is 0 Å². The quantitative estimate of drug-likeness (QED) is 0.728. The highest BCUT2D eigenvalue weighted by atomic mass is 16.6. The van der Waals surface area contributed by atoms with Crippen LogP contribution < -0.4 is 4.90 Å². The number of ether oxygens (including phenoxy) is 2. The summed E-state index contributed by atoms with van der Waals surface area (Å²) < 4.78 is 11.7. The summed E-state index contributed by atoms with van der Waals surface area (Å²) in [5.41, 5.74) is 0. The van der Waals surface area contributed by atoms with Crippen LogP contribution in [0.4, 0.5) is 5.95 Å². The molecule has 0 amide bonds. The third-order valence-electron chi connectivity index (χ3n) is 4.52. The van der Waals surface area contributed by atoms with E-state index in [9.17, 15) is 0 Å². The normalized spacial score (nSPS) is 34.4. The topological polar surface area (TPSA) is 50.7 Å². The number of piperazine rings is 1. The maximum atomic E-state index is 5.87. The van der Waals surface area contributed by atoms with E-state index in [1.807, 2.05) is 18.5 Å². The van der Waals surface area contributed by atoms with Crippen LogP contribution in [-0.4, -0.2) is 72.5 Å². The lowest BCUT2D eigenvalue weighted by Crippen LogP contribution is -2.63. The van der Waals surface area contributed by atoms with E-state index in [2.05, 4.69) is 19.8 Å². The van der Waals surface area contributed by atoms with Crippen molar-refractivity contribution in [3.63, 3.8) is 0 Å². The van der Waals surface area contributed by atoms with Gasteiger partial charge in [-0.05, 0) is 12.5 Å². The van der Waals surface area contributed by atoms with E-state index in [0.29, 0.717) is 6.04 Å². The average Bonchev–Trinajstić information content (AvgIpc) is 2.53. The second kappa shape index (κ2) is 5.27. The first kappa shape index (κ1) is 12.5. The first-order chi connectivity index (χ1) is 9.90. The molecule has 1 aromatic heterocycles. The molecular weight excluding hydrogens is 256 g/mol. The first-order valence-electron chi connectivity index (χ1n) is 7.39. The fraction of sp³-hybridized carbons (Fsp3) is 0.714. The van der Waals surface area contributed by atoms with Gasteiger partial charge in [0.25, 0.3) is 0 Å². The highest BCUT2D eigenvalue weighted by molar-refractivity contribution is 5.30. The fourth-order valence-corrected chi connectivity index (χ4v) is 3.50. The predicted molar refractivity (Wildman–Crippen MR) is 73.7 cm³/mol. The summed E-state index contributed by atoms with van der Waals surface area (Å²) in [7, 11) is 0. The maximum Gasteiger partial charge on any atom is 0.225 e. The van der Waals surface area contributed by atoms with Crippen LogP contribution in [0.1, 0.15) is 6.42 Å². The third-order valence-corrected chi connectivity index (χ3v) is 4.52. The van der Waals surface area contributed by atoms with Gasteiger partial charge >= 0.3 is 0 Å². The number of aromatic nitrogens is 2. The Balaban J connectivity index is 1.46. The Kier molecular flexibility index (Phi) is 3.29. The Morgan fingerprint density at radius 3 is 2.65 bits per heavy atom. The lowest BCUT2D eigenvalue weighted by molar-refractivity contribution is -0.175. The van der Waals surface area contributed by atoms with E-state index in [0.717, 1.165) is 51.8 Å². The van der Waals surface area contributed by atoms with Crippen molar-refractivity contribution in [1.82, 2.24) is 14.9 Å². The van der Waals surface area contributed by atoms with Crippen LogP contribution in [0.3, 0.4) is 0 Å². The van der Waals surface area contributed by atoms with Gasteiger partial charge in [-0.3, -0.25) is 4.90 Å². The van der Waals surface area contributed by atoms with Gasteiger partial charge < -0.3 is 14.4 Å². The molecule has 0 radical (unpaired) electrons. The molecule has 3 unspecified atom stereocenters. The Morgan fingerprint density at radius 1 is 1.00 bits per heavy atom. The van der Waals surface area contributed by atoms with Gasteiger partial charge in [0, 0.05) is 44.6 Å². The Morgan fingerprint density at radius 2 is 1.80 bits per heavy atom. The van der Waals surface area contributed by atoms with Crippen LogP contribution in [0, 0.1) is 0 Å². The van der Waals surface area contributed by atoms with Gasteiger partial charge in [0.1, 0.15) is 0 Å². The lowest BCUT2D eigenvalue weighted by atomic mass is 9.94. The number of nitrogens with zero attached hydrogens (tertiary/aromatic N) is 4. The van der Waals surface area contributed by atoms with Crippen LogP contribution in [0.15, 0.2) is 18.5 Å². The van der Waals surface area contributed by atoms with Gasteiger partial charge in [0.05, 0.1) is 25.4 Å². The Hall–Kier alpha value is -1.24. The first-order valence-corrected chi connectivity index (χ1v) is 7.39. The smallest absolute Gasteiger partial charge is 0.225 e. The number of anilines is 1. The molecule has 6 nitrogen and oxygen atoms in total. The Labute approximate surface area is 118 Å². The Bertz CT molecular complexity index is 458. The molecule has 3 fully saturated rings. The molecular formula is C14H20N4O2. The fourth-order valence-electron chi connectivity index (χ4n) is 3.50. The van der Waals surface area contributed by atoms with Crippen LogP contribution in [-0.2, 0) is 9.47 Å². The monoisotopic (exact) mass is 276 g/mol. The molecule has 108 valence electrons. The minimum Gasteiger partial charge on any atom is -0.373 e. The highest BCUT2D eigenvalue weighted by Gasteiger charge is 2.41. The van der Waals surface area contributed by atoms with E-state index < -0.39 is 0 Å². The van der Waals surface area contributed by atoms with Gasteiger partial charge in [-0.25, -0.2) is 9.97 Å². The number of piperidine rings is 1. The van der Waals surface area contributed by atoms with Crippen molar-refractivity contribution in [2.75, 3.05) is 44.3 Å². The molecule has 3 saturated heterocycles. The molecule has 0 aliphatic carbocycles. The average molecular weight is 276 g/mol. The number of hydrogen-bond acceptors (Lipinski definition) is 6. The third kappa shape index (κ3) is 2.28. The second-order valence-electron chi connectivity index (χ2n) is 5.70. The number of fused-ring (bicyclic) bond motifs is 2. The second-order valence-corrected chi connectivity index (χ2v) is 5.70. The van der Waals surface area contributed by atoms with Crippen LogP contribution in [0.5, 0.6) is 0 Å². The van der Waals surface area contributed by atoms with Gasteiger partial charge in [0.2, 0.25) is 5.95 Å². The van der Waals surface area contributed by atoms with Crippen LogP contribution in [0.25, 0.3) is 0 Å². The van der Waals surface area contributed by atoms with E-state index in [-0.39, 0.29) is 12.2 Å². The van der Waals surface area contributed by atoms with Gasteiger partial charge in [-0.2, -0.15) is 0 Å². The van der Waals surface area contributed by atoms with Crippen molar-refractivity contribution < 1.29 is 9.47 Å². The van der Waals surface area contributed by atoms with Crippen molar-refractivity contribution in [2.24, 2.45) is 0 Å². The summed E-state index contributed by atoms with van der Waals surface area (Å²) in [5, 5.41) is 0. The molecule has 0 spiro atoms. The minimum atomic E-state index is 0.263. The van der Waals surface area contributed by atoms with Crippen molar-refractivity contribution in [1.29, 1.82) is 0 Å². The molecule has 0 bridgehead atoms. The molecule has 4 rings (SSSR count). The van der Waals surface area contributed by atoms with Gasteiger partial charge in [0.15, 0.2) is 0 Å². The summed E-state index contributed by atoms with van der Waals surface area (Å²) in [6.45, 7) is 5.49. The summed E-state index contributed by atoms with van der Waals surface area (Å²) in [6, 6.07) is 2.38. The molecule has 4 heterocycles. The molecule has 3 atom stereocenters. The van der Waals surface area contributed by atoms with E-state index >= 15 is 0 Å². The van der Waals surface area contributed by atoms with E-state index in [1.54, 1.807) is 0 Å². The van der Waals surface area contributed by atoms with Crippen molar-refractivity contribution >= 4 is 5.95 Å². The largest absolute Gasteiger partial charge is 0.373 e. The SMILES string of the molecule is c1cnc(N2CCN3CC4OCCOC4CC3C2)nc1. The molecule has 0 saturated carbocycles. The molecule has 20 heavy (non-hydrogen) atoms. The summed E-state index contributed by atoms with van der Waals surface area (Å²) >= 11 is 0. The zero-order valence-electron chi connectivity index (χ0n) is 11.5. The number of hydrogen-bond donors (Lipinski definition) is 0. The molecule has 3 aliphatic rings. The van der Waals surface area contributed by atoms with Gasteiger partial charge in [-0.1, -0.05) is 0 Å². The molecule has 6 heteroatoms. The molecule has 0 aromatic carbocycles. The molecule has 1 aromatic rings. The van der Waals surface area contributed by atoms with Crippen molar-refractivity contribution in [2.45, 2.75) is 24.7 Å². The van der Waals surface area contributed by atoms with Crippen molar-refractivity contribution in [3.8, 4) is 0 Å². The van der Waals surface area contributed by atoms with Crippen LogP contribution in [0.2, 0.25) is 0 Å². The zero-order chi connectivity index (χ0) is 13.4. The highest BCUT2D eigenvalue weighted by Crippen LogP contribution is 2.28. The maximum absolute atomic E-state index is 5.87. The lowest BCUT2D eigenvalue weighted by Gasteiger charge is -2.49. The molecule has 0 N–H and O–H groups in total. The van der Waals surface area contributed by atoms with E-state index in [4.69, 9.17) is 9.47 Å². The predicted octanol–water partition coefficient (Wildman–Crippen LogP) is 0.155. The minimum absolute atomic E-state index is 0.263. The molecule has 3 aliphatic heterocycles. The number of rotatable bonds is 1. The van der Waals surface area contributed by atoms with Crippen molar-refractivity contribution in [3.05, 3.63) is 18.5 Å².